The van der Waals surface area contributed by atoms with Gasteiger partial charge >= 0.3 is 5.97 Å². The molecule has 0 radical (unpaired) electrons. The summed E-state index contributed by atoms with van der Waals surface area (Å²) in [5.74, 6) is 0.0801. The molecule has 0 bridgehead atoms. The predicted molar refractivity (Wildman–Crippen MR) is 99.0 cm³/mol. The van der Waals surface area contributed by atoms with Crippen LogP contribution in [0.4, 0.5) is 0 Å². The predicted octanol–water partition coefficient (Wildman–Crippen LogP) is 3.80. The van der Waals surface area contributed by atoms with Crippen molar-refractivity contribution in [1.82, 2.24) is 19.9 Å². The topological polar surface area (TPSA) is 77.9 Å². The average molecular weight is 340 g/mol. The largest absolute Gasteiger partial charge is 0.427 e. The fourth-order valence-corrected chi connectivity index (χ4v) is 3.03. The van der Waals surface area contributed by atoms with Crippen molar-refractivity contribution in [3.8, 4) is 5.75 Å². The molecule has 5 aromatic rings. The Morgan fingerprint density at radius 3 is 1.88 bits per heavy atom. The van der Waals surface area contributed by atoms with E-state index in [4.69, 9.17) is 14.7 Å². The van der Waals surface area contributed by atoms with Gasteiger partial charge in [0.25, 0.3) is 0 Å². The van der Waals surface area contributed by atoms with Gasteiger partial charge in [-0.15, -0.1) is 0 Å². The molecule has 0 fully saturated rings. The Morgan fingerprint density at radius 1 is 0.692 bits per heavy atom. The van der Waals surface area contributed by atoms with Crippen LogP contribution in [0.2, 0.25) is 0 Å². The Balaban J connectivity index is 1.81. The summed E-state index contributed by atoms with van der Waals surface area (Å²) < 4.78 is 5.12. The molecule has 26 heavy (non-hydrogen) atoms. The van der Waals surface area contributed by atoms with Crippen molar-refractivity contribution < 1.29 is 9.53 Å². The molecule has 0 saturated heterocycles. The average Bonchev–Trinajstić information content (AvgIpc) is 2.64. The third-order valence-electron chi connectivity index (χ3n) is 4.15. The minimum absolute atomic E-state index is 0.369. The number of fused-ring (bicyclic) bond motifs is 5. The summed E-state index contributed by atoms with van der Waals surface area (Å²) in [5.41, 5.74) is 5.95. The molecule has 0 unspecified atom stereocenters. The Kier molecular flexibility index (Phi) is 3.05. The number of ether oxygens (including phenoxy) is 1. The van der Waals surface area contributed by atoms with Gasteiger partial charge in [0.15, 0.2) is 0 Å². The van der Waals surface area contributed by atoms with Gasteiger partial charge < -0.3 is 4.74 Å². The first-order chi connectivity index (χ1) is 12.7. The van der Waals surface area contributed by atoms with E-state index in [1.165, 1.54) is 6.92 Å². The third kappa shape index (κ3) is 2.31. The van der Waals surface area contributed by atoms with Gasteiger partial charge in [-0.1, -0.05) is 12.1 Å². The molecule has 5 rings (SSSR count). The van der Waals surface area contributed by atoms with Crippen molar-refractivity contribution in [3.63, 3.8) is 0 Å². The van der Waals surface area contributed by atoms with Crippen LogP contribution < -0.4 is 4.74 Å². The second-order valence-corrected chi connectivity index (χ2v) is 5.98. The number of carbonyl (C=O) groups excluding carboxylic acids is 1. The summed E-state index contributed by atoms with van der Waals surface area (Å²) in [5, 5.41) is 0. The number of para-hydroxylation sites is 2. The number of hydrogen-bond acceptors (Lipinski definition) is 6. The van der Waals surface area contributed by atoms with Crippen molar-refractivity contribution in [2.45, 2.75) is 6.92 Å². The van der Waals surface area contributed by atoms with Gasteiger partial charge in [-0.3, -0.25) is 4.79 Å². The fraction of sp³-hybridized carbons (Fsp3) is 0.0500. The van der Waals surface area contributed by atoms with Crippen molar-refractivity contribution in [2.24, 2.45) is 0 Å². The maximum absolute atomic E-state index is 11.1. The lowest BCUT2D eigenvalue weighted by Gasteiger charge is -2.06. The number of hydrogen-bond donors (Lipinski definition) is 0. The smallest absolute Gasteiger partial charge is 0.308 e. The molecular weight excluding hydrogens is 328 g/mol. The van der Waals surface area contributed by atoms with E-state index in [2.05, 4.69) is 9.97 Å². The zero-order valence-corrected chi connectivity index (χ0v) is 13.8. The van der Waals surface area contributed by atoms with Crippen LogP contribution in [-0.4, -0.2) is 25.9 Å². The summed E-state index contributed by atoms with van der Waals surface area (Å²) in [6, 6.07) is 16.7. The fourth-order valence-electron chi connectivity index (χ4n) is 3.03. The molecule has 3 aromatic carbocycles. The van der Waals surface area contributed by atoms with Crippen LogP contribution in [0.25, 0.3) is 44.1 Å². The summed E-state index contributed by atoms with van der Waals surface area (Å²) in [6.07, 6.45) is 0. The summed E-state index contributed by atoms with van der Waals surface area (Å²) in [4.78, 5) is 29.9. The van der Waals surface area contributed by atoms with E-state index in [-0.39, 0.29) is 5.97 Å². The molecule has 2 aromatic heterocycles. The van der Waals surface area contributed by atoms with Crippen LogP contribution in [0.1, 0.15) is 6.92 Å². The van der Waals surface area contributed by atoms with Gasteiger partial charge in [0, 0.05) is 13.0 Å². The van der Waals surface area contributed by atoms with Crippen LogP contribution in [0.5, 0.6) is 5.75 Å². The first kappa shape index (κ1) is 14.7. The van der Waals surface area contributed by atoms with E-state index in [0.29, 0.717) is 22.3 Å². The molecule has 0 saturated carbocycles. The molecule has 0 spiro atoms. The second-order valence-electron chi connectivity index (χ2n) is 5.98. The van der Waals surface area contributed by atoms with Crippen molar-refractivity contribution in [3.05, 3.63) is 54.6 Å². The zero-order chi connectivity index (χ0) is 17.7. The van der Waals surface area contributed by atoms with Crippen LogP contribution >= 0.6 is 0 Å². The molecule has 2 heterocycles. The quantitative estimate of drug-likeness (QED) is 0.200. The molecule has 0 aliphatic heterocycles. The summed E-state index contributed by atoms with van der Waals surface area (Å²) >= 11 is 0. The molecule has 0 aliphatic carbocycles. The van der Waals surface area contributed by atoms with Crippen molar-refractivity contribution in [1.29, 1.82) is 0 Å². The van der Waals surface area contributed by atoms with Gasteiger partial charge in [0.1, 0.15) is 16.8 Å². The SMILES string of the molecule is CC(=O)Oc1ccc2nc3c(ccc4nc5ccccc5nc43)nc2c1. The third-order valence-corrected chi connectivity index (χ3v) is 4.15. The van der Waals surface area contributed by atoms with Crippen LogP contribution in [0, 0.1) is 0 Å². The highest BCUT2D eigenvalue weighted by atomic mass is 16.5. The normalized spacial score (nSPS) is 11.4. The number of carbonyl (C=O) groups is 1. The van der Waals surface area contributed by atoms with Gasteiger partial charge in [0.05, 0.1) is 33.1 Å². The van der Waals surface area contributed by atoms with E-state index in [1.807, 2.05) is 36.4 Å². The Morgan fingerprint density at radius 2 is 1.23 bits per heavy atom. The summed E-state index contributed by atoms with van der Waals surface area (Å²) in [7, 11) is 0. The molecule has 0 amide bonds. The molecule has 6 heteroatoms. The minimum Gasteiger partial charge on any atom is -0.427 e. The number of esters is 1. The Labute approximate surface area is 147 Å². The lowest BCUT2D eigenvalue weighted by molar-refractivity contribution is -0.131. The molecule has 0 atom stereocenters. The van der Waals surface area contributed by atoms with Gasteiger partial charge in [-0.2, -0.15) is 0 Å². The molecule has 0 N–H and O–H groups in total. The highest BCUT2D eigenvalue weighted by Gasteiger charge is 2.10. The van der Waals surface area contributed by atoms with E-state index in [1.54, 1.807) is 18.2 Å². The van der Waals surface area contributed by atoms with E-state index in [9.17, 15) is 4.79 Å². The first-order valence-electron chi connectivity index (χ1n) is 8.13. The summed E-state index contributed by atoms with van der Waals surface area (Å²) in [6.45, 7) is 1.37. The highest BCUT2D eigenvalue weighted by molar-refractivity contribution is 6.04. The minimum atomic E-state index is -0.369. The van der Waals surface area contributed by atoms with Crippen LogP contribution in [-0.2, 0) is 4.79 Å². The molecular formula is C20H12N4O2. The van der Waals surface area contributed by atoms with E-state index >= 15 is 0 Å². The van der Waals surface area contributed by atoms with Gasteiger partial charge in [-0.25, -0.2) is 19.9 Å². The van der Waals surface area contributed by atoms with Crippen molar-refractivity contribution >= 4 is 50.1 Å². The standard InChI is InChI=1S/C20H12N4O2/c1-11(25)26-12-6-7-15-18(10-12)22-17-9-8-16-19(20(17)24-15)23-14-5-3-2-4-13(14)21-16/h2-10H,1H3. The van der Waals surface area contributed by atoms with Crippen LogP contribution in [0.3, 0.4) is 0 Å². The lowest BCUT2D eigenvalue weighted by atomic mass is 10.2. The zero-order valence-electron chi connectivity index (χ0n) is 13.8. The van der Waals surface area contributed by atoms with E-state index < -0.39 is 0 Å². The number of nitrogens with zero attached hydrogens (tertiary/aromatic N) is 4. The maximum atomic E-state index is 11.1. The van der Waals surface area contributed by atoms with Gasteiger partial charge in [0.2, 0.25) is 0 Å². The lowest BCUT2D eigenvalue weighted by Crippen LogP contribution is -2.01. The molecule has 124 valence electrons. The van der Waals surface area contributed by atoms with Crippen molar-refractivity contribution in [2.75, 3.05) is 0 Å². The number of benzene rings is 3. The monoisotopic (exact) mass is 340 g/mol. The first-order valence-corrected chi connectivity index (χ1v) is 8.13. The maximum Gasteiger partial charge on any atom is 0.308 e. The van der Waals surface area contributed by atoms with Crippen LogP contribution in [0.15, 0.2) is 54.6 Å². The molecule has 0 aliphatic rings. The Hall–Kier alpha value is -3.67. The van der Waals surface area contributed by atoms with Gasteiger partial charge in [-0.05, 0) is 36.4 Å². The molecule has 6 nitrogen and oxygen atoms in total. The Bertz CT molecular complexity index is 1350. The highest BCUT2D eigenvalue weighted by Crippen LogP contribution is 2.26. The number of rotatable bonds is 1. The second kappa shape index (κ2) is 5.42. The number of aromatic nitrogens is 4. The van der Waals surface area contributed by atoms with E-state index in [0.717, 1.165) is 27.6 Å².